The molecule has 13 heteroatoms. The van der Waals surface area contributed by atoms with Gasteiger partial charge in [-0.2, -0.15) is 10.2 Å². The van der Waals surface area contributed by atoms with E-state index in [0.29, 0.717) is 11.7 Å². The third-order valence-corrected chi connectivity index (χ3v) is 8.54. The molecule has 5 aromatic rings. The van der Waals surface area contributed by atoms with Gasteiger partial charge in [-0.1, -0.05) is 24.3 Å². The van der Waals surface area contributed by atoms with Crippen LogP contribution in [-0.2, 0) is 0 Å². The lowest BCUT2D eigenvalue weighted by Gasteiger charge is -2.32. The Morgan fingerprint density at radius 1 is 0.778 bits per heavy atom. The first-order valence-electron chi connectivity index (χ1n) is 14.4. The zero-order valence-electron chi connectivity index (χ0n) is 23.3. The molecule has 45 heavy (non-hydrogen) atoms. The van der Waals surface area contributed by atoms with E-state index in [2.05, 4.69) is 59.2 Å². The highest BCUT2D eigenvalue weighted by molar-refractivity contribution is 6.26. The maximum absolute atomic E-state index is 5.16. The summed E-state index contributed by atoms with van der Waals surface area (Å²) in [6.07, 6.45) is 13.0. The molecule has 0 fully saturated rings. The molecule has 4 N–H and O–H groups in total. The number of benzene rings is 2. The Morgan fingerprint density at radius 3 is 2.42 bits per heavy atom. The minimum Gasteiger partial charge on any atom is -0.340 e. The molecule has 13 nitrogen and oxygen atoms in total. The van der Waals surface area contributed by atoms with Gasteiger partial charge in [-0.05, 0) is 29.8 Å². The minimum absolute atomic E-state index is 0.189. The molecule has 2 aromatic carbocycles. The van der Waals surface area contributed by atoms with Gasteiger partial charge in [0.05, 0.1) is 46.4 Å². The van der Waals surface area contributed by atoms with Gasteiger partial charge in [0.2, 0.25) is 0 Å². The summed E-state index contributed by atoms with van der Waals surface area (Å²) < 4.78 is 2.03. The number of rotatable bonds is 5. The SMILES string of the molecule is C1=CC2=C(C3C=Nc4cccc(Nc5ccn[nH]5)c43)N=C3N=CN=C4N=C(n5cnc6cccc(Nc7ccn[nH]7)c65)C1=C2C43. The number of hydrogen-bond donors (Lipinski definition) is 4. The molecule has 0 amide bonds. The number of anilines is 4. The van der Waals surface area contributed by atoms with E-state index in [-0.39, 0.29) is 11.8 Å². The molecule has 214 valence electrons. The van der Waals surface area contributed by atoms with Gasteiger partial charge in [0, 0.05) is 40.7 Å². The number of amidine groups is 2. The van der Waals surface area contributed by atoms with E-state index in [1.807, 2.05) is 59.6 Å². The van der Waals surface area contributed by atoms with Gasteiger partial charge in [0.15, 0.2) is 0 Å². The number of nitrogens with one attached hydrogen (secondary N) is 4. The predicted molar refractivity (Wildman–Crippen MR) is 174 cm³/mol. The van der Waals surface area contributed by atoms with E-state index >= 15 is 0 Å². The largest absolute Gasteiger partial charge is 0.340 e. The van der Waals surface area contributed by atoms with Crippen molar-refractivity contribution in [3.05, 3.63) is 107 Å². The van der Waals surface area contributed by atoms with Gasteiger partial charge in [0.25, 0.3) is 0 Å². The van der Waals surface area contributed by atoms with Crippen LogP contribution in [0.2, 0.25) is 0 Å². The van der Waals surface area contributed by atoms with Crippen molar-refractivity contribution in [3.63, 3.8) is 0 Å². The number of aliphatic imine (C=N–C) groups is 5. The van der Waals surface area contributed by atoms with Crippen LogP contribution in [0.4, 0.5) is 28.7 Å². The second-order valence-corrected chi connectivity index (χ2v) is 11.0. The second kappa shape index (κ2) is 9.00. The summed E-state index contributed by atoms with van der Waals surface area (Å²) >= 11 is 0. The van der Waals surface area contributed by atoms with Crippen LogP contribution in [0.15, 0.2) is 127 Å². The lowest BCUT2D eigenvalue weighted by molar-refractivity contribution is 0.933. The van der Waals surface area contributed by atoms with Gasteiger partial charge in [0.1, 0.15) is 47.7 Å². The van der Waals surface area contributed by atoms with Crippen LogP contribution in [-0.4, -0.2) is 60.0 Å². The predicted octanol–water partition coefficient (Wildman–Crippen LogP) is 5.32. The smallest absolute Gasteiger partial charge is 0.148 e. The Morgan fingerprint density at radius 2 is 1.58 bits per heavy atom. The van der Waals surface area contributed by atoms with Crippen LogP contribution in [0.25, 0.3) is 11.0 Å². The average molecular weight is 588 g/mol. The molecule has 0 bridgehead atoms. The lowest BCUT2D eigenvalue weighted by Crippen LogP contribution is -2.36. The molecular weight excluding hydrogens is 566 g/mol. The summed E-state index contributed by atoms with van der Waals surface area (Å²) in [6, 6.07) is 15.8. The maximum atomic E-state index is 5.16. The molecule has 5 aliphatic rings. The van der Waals surface area contributed by atoms with E-state index in [1.165, 1.54) is 0 Å². The minimum atomic E-state index is -0.254. The summed E-state index contributed by atoms with van der Waals surface area (Å²) in [4.78, 5) is 29.1. The standard InChI is InChI=1S/C32H21N13/c1-3-19-26(20(4-1)39-23-9-11-37-43-23)18(13-33-19)28-16-7-8-17-25(16)27-30(41-28)34-14-35-31(27)42-32(17)45-15-36-21-5-2-6-22(29(21)45)40-24-10-12-38-44-24/h1-15,18,27H,(H2,37,39,43)(H2,38,40,44). The quantitative estimate of drug-likeness (QED) is 0.219. The first-order chi connectivity index (χ1) is 22.3. The highest BCUT2D eigenvalue weighted by Gasteiger charge is 2.44. The summed E-state index contributed by atoms with van der Waals surface area (Å²) in [6.45, 7) is 0. The van der Waals surface area contributed by atoms with E-state index in [9.17, 15) is 0 Å². The third-order valence-electron chi connectivity index (χ3n) is 8.54. The fraction of sp³-hybridized carbons (Fsp3) is 0.0625. The first kappa shape index (κ1) is 24.0. The van der Waals surface area contributed by atoms with Crippen LogP contribution < -0.4 is 10.6 Å². The fourth-order valence-electron chi connectivity index (χ4n) is 6.66. The molecular formula is C32H21N13. The van der Waals surface area contributed by atoms with E-state index in [0.717, 1.165) is 73.5 Å². The molecule has 3 aromatic heterocycles. The van der Waals surface area contributed by atoms with Crippen LogP contribution in [0, 0.1) is 5.92 Å². The monoisotopic (exact) mass is 587 g/mol. The van der Waals surface area contributed by atoms with Crippen LogP contribution >= 0.6 is 0 Å². The highest BCUT2D eigenvalue weighted by Crippen LogP contribution is 2.50. The number of allylic oxidation sites excluding steroid dienone is 5. The van der Waals surface area contributed by atoms with Gasteiger partial charge in [-0.3, -0.25) is 19.8 Å². The van der Waals surface area contributed by atoms with E-state index in [4.69, 9.17) is 20.0 Å². The Balaban J connectivity index is 1.14. The molecule has 7 heterocycles. The van der Waals surface area contributed by atoms with Crippen molar-refractivity contribution in [1.29, 1.82) is 0 Å². The molecule has 10 rings (SSSR count). The van der Waals surface area contributed by atoms with Crippen molar-refractivity contribution >= 4 is 69.8 Å². The molecule has 1 aliphatic carbocycles. The molecule has 4 aliphatic heterocycles. The van der Waals surface area contributed by atoms with Crippen LogP contribution in [0.1, 0.15) is 11.5 Å². The van der Waals surface area contributed by atoms with Crippen molar-refractivity contribution in [3.8, 4) is 0 Å². The van der Waals surface area contributed by atoms with E-state index < -0.39 is 0 Å². The van der Waals surface area contributed by atoms with Crippen molar-refractivity contribution in [2.75, 3.05) is 10.6 Å². The molecule has 0 spiro atoms. The van der Waals surface area contributed by atoms with Gasteiger partial charge in [-0.15, -0.1) is 0 Å². The van der Waals surface area contributed by atoms with Crippen molar-refractivity contribution in [2.45, 2.75) is 5.92 Å². The Hall–Kier alpha value is -6.50. The number of dihydropyridines is 1. The second-order valence-electron chi connectivity index (χ2n) is 11.0. The van der Waals surface area contributed by atoms with Gasteiger partial charge >= 0.3 is 0 Å². The van der Waals surface area contributed by atoms with Crippen LogP contribution in [0.5, 0.6) is 0 Å². The van der Waals surface area contributed by atoms with Gasteiger partial charge < -0.3 is 10.6 Å². The third kappa shape index (κ3) is 3.48. The number of H-pyrrole nitrogens is 2. The van der Waals surface area contributed by atoms with Gasteiger partial charge in [-0.25, -0.2) is 25.0 Å². The summed E-state index contributed by atoms with van der Waals surface area (Å²) in [5.74, 6) is 3.20. The topological polar surface area (TPSA) is 161 Å². The van der Waals surface area contributed by atoms with E-state index in [1.54, 1.807) is 18.7 Å². The number of hydrogen-bond acceptors (Lipinski definition) is 10. The highest BCUT2D eigenvalue weighted by atomic mass is 15.2. The number of nitrogens with zero attached hydrogens (tertiary/aromatic N) is 9. The molecule has 2 atom stereocenters. The molecule has 2 unspecified atom stereocenters. The number of aromatic amines is 2. The first-order valence-corrected chi connectivity index (χ1v) is 14.4. The zero-order valence-corrected chi connectivity index (χ0v) is 23.3. The van der Waals surface area contributed by atoms with Crippen molar-refractivity contribution in [1.82, 2.24) is 29.9 Å². The molecule has 0 saturated heterocycles. The number of fused-ring (bicyclic) bond motifs is 2. The molecule has 0 saturated carbocycles. The number of aromatic nitrogens is 6. The van der Waals surface area contributed by atoms with Crippen molar-refractivity contribution in [2.24, 2.45) is 30.9 Å². The summed E-state index contributed by atoms with van der Waals surface area (Å²) in [7, 11) is 0. The number of para-hydroxylation sites is 1. The Bertz CT molecular complexity index is 2320. The Kier molecular flexibility index (Phi) is 4.80. The number of imidazole rings is 1. The Labute approximate surface area is 254 Å². The zero-order chi connectivity index (χ0) is 29.5. The van der Waals surface area contributed by atoms with Crippen LogP contribution in [0.3, 0.4) is 0 Å². The van der Waals surface area contributed by atoms with Crippen molar-refractivity contribution < 1.29 is 0 Å². The summed E-state index contributed by atoms with van der Waals surface area (Å²) in [5, 5.41) is 21.0. The lowest BCUT2D eigenvalue weighted by atomic mass is 9.81. The normalized spacial score (nSPS) is 20.4. The fourth-order valence-corrected chi connectivity index (χ4v) is 6.66. The maximum Gasteiger partial charge on any atom is 0.148 e. The molecule has 0 radical (unpaired) electrons. The summed E-state index contributed by atoms with van der Waals surface area (Å²) in [5.41, 5.74) is 9.50. The average Bonchev–Trinajstić information content (AvgIpc) is 3.91.